The first-order valence-electron chi connectivity index (χ1n) is 2.49. The topological polar surface area (TPSA) is 69.4 Å². The second-order valence-electron chi connectivity index (χ2n) is 1.50. The van der Waals surface area contributed by atoms with Crippen molar-refractivity contribution in [3.05, 3.63) is 0 Å². The van der Waals surface area contributed by atoms with Gasteiger partial charge in [0.05, 0.1) is 13.7 Å². The van der Waals surface area contributed by atoms with Crippen LogP contribution in [-0.2, 0) is 14.3 Å². The highest BCUT2D eigenvalue weighted by molar-refractivity contribution is 5.96. The Kier molecular flexibility index (Phi) is 3.62. The third-order valence-electron chi connectivity index (χ3n) is 0.797. The van der Waals surface area contributed by atoms with E-state index in [1.54, 1.807) is 0 Å². The van der Waals surface area contributed by atoms with Crippen molar-refractivity contribution in [1.82, 2.24) is 0 Å². The van der Waals surface area contributed by atoms with Crippen LogP contribution in [0, 0.1) is 0 Å². The van der Waals surface area contributed by atoms with E-state index in [-0.39, 0.29) is 18.7 Å². The maximum atomic E-state index is 10.4. The Morgan fingerprint density at radius 1 is 1.56 bits per heavy atom. The maximum absolute atomic E-state index is 10.4. The Morgan fingerprint density at radius 3 is 2.44 bits per heavy atom. The van der Waals surface area contributed by atoms with Gasteiger partial charge in [0.25, 0.3) is 0 Å². The Labute approximate surface area is 53.0 Å². The van der Waals surface area contributed by atoms with Crippen molar-refractivity contribution in [2.24, 2.45) is 5.73 Å². The van der Waals surface area contributed by atoms with Gasteiger partial charge in [0.15, 0.2) is 5.78 Å². The summed E-state index contributed by atoms with van der Waals surface area (Å²) in [6.45, 7) is -0.102. The molecule has 0 rings (SSSR count). The smallest absolute Gasteiger partial charge is 0.313 e. The fourth-order valence-electron chi connectivity index (χ4n) is 0.305. The lowest BCUT2D eigenvalue weighted by Gasteiger charge is -1.93. The number of carbonyl (C=O) groups excluding carboxylic acids is 2. The Hall–Kier alpha value is -0.900. The molecule has 0 spiro atoms. The molecule has 0 aliphatic rings. The molecular formula is C5H9NO3. The number of nitrogens with two attached hydrogens (primary N) is 1. The molecule has 0 atom stereocenters. The van der Waals surface area contributed by atoms with Crippen molar-refractivity contribution in [1.29, 1.82) is 0 Å². The highest BCUT2D eigenvalue weighted by atomic mass is 16.5. The zero-order valence-electron chi connectivity index (χ0n) is 5.22. The van der Waals surface area contributed by atoms with Gasteiger partial charge in [-0.1, -0.05) is 0 Å². The monoisotopic (exact) mass is 131 g/mol. The summed E-state index contributed by atoms with van der Waals surface area (Å²) >= 11 is 0. The van der Waals surface area contributed by atoms with Crippen molar-refractivity contribution >= 4 is 11.8 Å². The van der Waals surface area contributed by atoms with Gasteiger partial charge in [0.2, 0.25) is 0 Å². The minimum absolute atomic E-state index is 0.102. The summed E-state index contributed by atoms with van der Waals surface area (Å²) in [5.74, 6) is -0.840. The summed E-state index contributed by atoms with van der Waals surface area (Å²) in [6, 6.07) is 0. The van der Waals surface area contributed by atoms with Crippen LogP contribution in [0.4, 0.5) is 0 Å². The van der Waals surface area contributed by atoms with Crippen LogP contribution in [-0.4, -0.2) is 25.4 Å². The third-order valence-corrected chi connectivity index (χ3v) is 0.797. The molecule has 0 aromatic rings. The molecule has 0 aromatic heterocycles. The minimum atomic E-state index is -0.537. The summed E-state index contributed by atoms with van der Waals surface area (Å²) in [5, 5.41) is 0. The highest BCUT2D eigenvalue weighted by Crippen LogP contribution is 1.83. The second kappa shape index (κ2) is 4.03. The number of Topliss-reactive ketones (excluding diaryl/α,β-unsaturated/α-hetero) is 1. The fraction of sp³-hybridized carbons (Fsp3) is 0.600. The van der Waals surface area contributed by atoms with Crippen molar-refractivity contribution in [3.63, 3.8) is 0 Å². The van der Waals surface area contributed by atoms with Gasteiger partial charge in [-0.2, -0.15) is 0 Å². The molecule has 4 nitrogen and oxygen atoms in total. The molecule has 0 unspecified atom stereocenters. The first kappa shape index (κ1) is 8.10. The molecule has 0 radical (unpaired) electrons. The number of ether oxygens (including phenoxy) is 1. The number of ketones is 1. The van der Waals surface area contributed by atoms with Gasteiger partial charge in [0.1, 0.15) is 6.42 Å². The molecule has 0 amide bonds. The summed E-state index contributed by atoms with van der Waals surface area (Å²) in [4.78, 5) is 20.6. The number of esters is 1. The van der Waals surface area contributed by atoms with Gasteiger partial charge in [-0.05, 0) is 0 Å². The first-order valence-corrected chi connectivity index (χ1v) is 2.49. The Balaban J connectivity index is 3.47. The quantitative estimate of drug-likeness (QED) is 0.397. The number of carbonyl (C=O) groups is 2. The first-order chi connectivity index (χ1) is 4.20. The van der Waals surface area contributed by atoms with Gasteiger partial charge < -0.3 is 10.5 Å². The van der Waals surface area contributed by atoms with Crippen molar-refractivity contribution < 1.29 is 14.3 Å². The van der Waals surface area contributed by atoms with Crippen LogP contribution < -0.4 is 5.73 Å². The lowest BCUT2D eigenvalue weighted by molar-refractivity contribution is -0.143. The molecule has 0 bridgehead atoms. The van der Waals surface area contributed by atoms with Crippen molar-refractivity contribution in [3.8, 4) is 0 Å². The third kappa shape index (κ3) is 3.66. The van der Waals surface area contributed by atoms with Gasteiger partial charge in [-0.25, -0.2) is 0 Å². The second-order valence-corrected chi connectivity index (χ2v) is 1.50. The van der Waals surface area contributed by atoms with Crippen molar-refractivity contribution in [2.45, 2.75) is 6.42 Å². The molecule has 0 saturated heterocycles. The summed E-state index contributed by atoms with van der Waals surface area (Å²) < 4.78 is 4.21. The predicted octanol–water partition coefficient (Wildman–Crippen LogP) is -0.923. The lowest BCUT2D eigenvalue weighted by Crippen LogP contribution is -2.17. The van der Waals surface area contributed by atoms with Gasteiger partial charge in [-0.3, -0.25) is 9.59 Å². The average Bonchev–Trinajstić information content (AvgIpc) is 1.87. The predicted molar refractivity (Wildman–Crippen MR) is 30.7 cm³/mol. The molecule has 0 aromatic carbocycles. The SMILES string of the molecule is COC(=O)CC(=O)CN. The van der Waals surface area contributed by atoms with Crippen LogP contribution in [0.5, 0.6) is 0 Å². The van der Waals surface area contributed by atoms with E-state index in [4.69, 9.17) is 5.73 Å². The molecule has 0 heterocycles. The maximum Gasteiger partial charge on any atom is 0.313 e. The molecule has 0 fully saturated rings. The molecule has 0 aliphatic heterocycles. The number of hydrogen-bond acceptors (Lipinski definition) is 4. The molecule has 4 heteroatoms. The van der Waals surface area contributed by atoms with Crippen LogP contribution >= 0.6 is 0 Å². The van der Waals surface area contributed by atoms with Crippen LogP contribution in [0.1, 0.15) is 6.42 Å². The lowest BCUT2D eigenvalue weighted by atomic mass is 10.3. The zero-order valence-corrected chi connectivity index (χ0v) is 5.22. The number of rotatable bonds is 3. The van der Waals surface area contributed by atoms with Gasteiger partial charge >= 0.3 is 5.97 Å². The molecule has 52 valence electrons. The number of methoxy groups -OCH3 is 1. The average molecular weight is 131 g/mol. The summed E-state index contributed by atoms with van der Waals surface area (Å²) in [5.41, 5.74) is 4.92. The molecule has 0 aliphatic carbocycles. The normalized spacial score (nSPS) is 8.67. The van der Waals surface area contributed by atoms with E-state index < -0.39 is 5.97 Å². The standard InChI is InChI=1S/C5H9NO3/c1-9-5(8)2-4(7)3-6/h2-3,6H2,1H3. The summed E-state index contributed by atoms with van der Waals surface area (Å²) in [6.07, 6.45) is -0.215. The molecule has 2 N–H and O–H groups in total. The highest BCUT2D eigenvalue weighted by Gasteiger charge is 2.05. The van der Waals surface area contributed by atoms with Gasteiger partial charge in [-0.15, -0.1) is 0 Å². The van der Waals surface area contributed by atoms with E-state index in [9.17, 15) is 9.59 Å². The van der Waals surface area contributed by atoms with Crippen LogP contribution in [0.15, 0.2) is 0 Å². The zero-order chi connectivity index (χ0) is 7.28. The Bertz CT molecular complexity index is 107. The van der Waals surface area contributed by atoms with Crippen LogP contribution in [0.25, 0.3) is 0 Å². The number of hydrogen-bond donors (Lipinski definition) is 1. The van der Waals surface area contributed by atoms with E-state index in [1.165, 1.54) is 7.11 Å². The minimum Gasteiger partial charge on any atom is -0.469 e. The Morgan fingerprint density at radius 2 is 2.11 bits per heavy atom. The van der Waals surface area contributed by atoms with Gasteiger partial charge in [0, 0.05) is 0 Å². The fourth-order valence-corrected chi connectivity index (χ4v) is 0.305. The molecule has 0 saturated carbocycles. The summed E-state index contributed by atoms with van der Waals surface area (Å²) in [7, 11) is 1.23. The van der Waals surface area contributed by atoms with Crippen LogP contribution in [0.3, 0.4) is 0 Å². The molecule has 9 heavy (non-hydrogen) atoms. The van der Waals surface area contributed by atoms with E-state index in [0.717, 1.165) is 0 Å². The molecular weight excluding hydrogens is 122 g/mol. The van der Waals surface area contributed by atoms with Crippen molar-refractivity contribution in [2.75, 3.05) is 13.7 Å². The van der Waals surface area contributed by atoms with E-state index >= 15 is 0 Å². The van der Waals surface area contributed by atoms with Crippen LogP contribution in [0.2, 0.25) is 0 Å². The largest absolute Gasteiger partial charge is 0.469 e. The van der Waals surface area contributed by atoms with E-state index in [1.807, 2.05) is 0 Å². The van der Waals surface area contributed by atoms with E-state index in [2.05, 4.69) is 4.74 Å². The van der Waals surface area contributed by atoms with E-state index in [0.29, 0.717) is 0 Å².